The average molecular weight is 375 g/mol. The van der Waals surface area contributed by atoms with Crippen molar-refractivity contribution in [2.45, 2.75) is 50.6 Å². The lowest BCUT2D eigenvalue weighted by Gasteiger charge is -2.36. The summed E-state index contributed by atoms with van der Waals surface area (Å²) >= 11 is 1.69. The number of imide groups is 1. The fourth-order valence-corrected chi connectivity index (χ4v) is 4.23. The second kappa shape index (κ2) is 8.12. The van der Waals surface area contributed by atoms with Crippen LogP contribution in [0, 0.1) is 0 Å². The molecule has 140 valence electrons. The third-order valence-corrected chi connectivity index (χ3v) is 6.20. The van der Waals surface area contributed by atoms with Crippen LogP contribution in [0.15, 0.2) is 35.3 Å². The van der Waals surface area contributed by atoms with Gasteiger partial charge in [-0.2, -0.15) is 0 Å². The number of carbonyl (C=O) groups is 2. The second-order valence-electron chi connectivity index (χ2n) is 6.79. The summed E-state index contributed by atoms with van der Waals surface area (Å²) in [4.78, 5) is 32.8. The van der Waals surface area contributed by atoms with Gasteiger partial charge in [0.2, 0.25) is 0 Å². The number of amides is 3. The first kappa shape index (κ1) is 18.8. The summed E-state index contributed by atoms with van der Waals surface area (Å²) in [6.45, 7) is 5.04. The zero-order valence-corrected chi connectivity index (χ0v) is 16.3. The molecule has 0 radical (unpaired) electrons. The molecule has 0 spiro atoms. The zero-order valence-electron chi connectivity index (χ0n) is 15.5. The van der Waals surface area contributed by atoms with E-state index < -0.39 is 12.2 Å². The van der Waals surface area contributed by atoms with Gasteiger partial charge in [0.25, 0.3) is 5.91 Å². The lowest BCUT2D eigenvalue weighted by molar-refractivity contribution is -0.127. The third kappa shape index (κ3) is 3.87. The number of benzene rings is 1. The maximum atomic E-state index is 12.5. The number of amidine groups is 1. The molecule has 0 saturated carbocycles. The van der Waals surface area contributed by atoms with Crippen LogP contribution in [0.1, 0.15) is 32.3 Å². The smallest absolute Gasteiger partial charge is 0.325 e. The van der Waals surface area contributed by atoms with Gasteiger partial charge in [-0.1, -0.05) is 55.9 Å². The molecule has 2 heterocycles. The number of aliphatic imine (C=N–C) groups is 1. The van der Waals surface area contributed by atoms with Gasteiger partial charge in [-0.3, -0.25) is 10.1 Å². The number of nitrogens with zero attached hydrogens (tertiary/aromatic N) is 3. The highest BCUT2D eigenvalue weighted by Crippen LogP contribution is 2.31. The Hall–Kier alpha value is -2.02. The van der Waals surface area contributed by atoms with Crippen molar-refractivity contribution >= 4 is 28.9 Å². The molecular formula is C19H26N4O2S. The highest BCUT2D eigenvalue weighted by Gasteiger charge is 2.48. The molecule has 1 N–H and O–H groups in total. The van der Waals surface area contributed by atoms with Crippen LogP contribution in [-0.4, -0.2) is 58.0 Å². The molecule has 0 bridgehead atoms. The number of thioether (sulfide) groups is 1. The summed E-state index contributed by atoms with van der Waals surface area (Å²) < 4.78 is 0. The van der Waals surface area contributed by atoms with Crippen molar-refractivity contribution < 1.29 is 9.59 Å². The third-order valence-electron chi connectivity index (χ3n) is 4.91. The number of rotatable bonds is 6. The number of nitrogens with one attached hydrogen (secondary N) is 1. The van der Waals surface area contributed by atoms with Crippen molar-refractivity contribution in [3.05, 3.63) is 35.9 Å². The minimum absolute atomic E-state index is 0.249. The molecule has 1 aromatic carbocycles. The van der Waals surface area contributed by atoms with Crippen LogP contribution in [0.3, 0.4) is 0 Å². The predicted molar refractivity (Wildman–Crippen MR) is 105 cm³/mol. The Bertz CT molecular complexity index is 694. The van der Waals surface area contributed by atoms with E-state index in [4.69, 9.17) is 4.99 Å². The number of aryl methyl sites for hydroxylation is 1. The van der Waals surface area contributed by atoms with Gasteiger partial charge >= 0.3 is 6.03 Å². The summed E-state index contributed by atoms with van der Waals surface area (Å²) in [7, 11) is 1.70. The molecular weight excluding hydrogens is 348 g/mol. The normalized spacial score (nSPS) is 23.6. The van der Waals surface area contributed by atoms with Crippen molar-refractivity contribution in [3.8, 4) is 0 Å². The summed E-state index contributed by atoms with van der Waals surface area (Å²) in [5.41, 5.74) is 1.29. The van der Waals surface area contributed by atoms with Crippen LogP contribution in [0.5, 0.6) is 0 Å². The summed E-state index contributed by atoms with van der Waals surface area (Å²) in [5.74, 6) is -0.249. The first-order chi connectivity index (χ1) is 12.5. The Morgan fingerprint density at radius 1 is 1.27 bits per heavy atom. The molecule has 3 amide bonds. The maximum absolute atomic E-state index is 12.5. The van der Waals surface area contributed by atoms with Crippen molar-refractivity contribution in [1.82, 2.24) is 15.1 Å². The fourth-order valence-electron chi connectivity index (χ4n) is 3.20. The maximum Gasteiger partial charge on any atom is 0.325 e. The van der Waals surface area contributed by atoms with Crippen LogP contribution in [0.2, 0.25) is 0 Å². The Labute approximate surface area is 159 Å². The van der Waals surface area contributed by atoms with Gasteiger partial charge in [-0.15, -0.1) is 0 Å². The molecule has 3 rings (SSSR count). The lowest BCUT2D eigenvalue weighted by atomic mass is 10.1. The van der Waals surface area contributed by atoms with E-state index >= 15 is 0 Å². The first-order valence-corrected chi connectivity index (χ1v) is 10.0. The van der Waals surface area contributed by atoms with Crippen LogP contribution < -0.4 is 5.32 Å². The van der Waals surface area contributed by atoms with E-state index in [1.165, 1.54) is 10.5 Å². The van der Waals surface area contributed by atoms with Crippen LogP contribution in [-0.2, 0) is 11.2 Å². The summed E-state index contributed by atoms with van der Waals surface area (Å²) in [5, 5.41) is 3.74. The minimum Gasteiger partial charge on any atom is -0.336 e. The molecule has 1 fully saturated rings. The number of fused-ring (bicyclic) bond motifs is 1. The quantitative estimate of drug-likeness (QED) is 0.831. The van der Waals surface area contributed by atoms with Gasteiger partial charge in [-0.25, -0.2) is 9.79 Å². The number of hydrogen-bond donors (Lipinski definition) is 1. The van der Waals surface area contributed by atoms with Crippen LogP contribution in [0.4, 0.5) is 4.79 Å². The highest BCUT2D eigenvalue weighted by molar-refractivity contribution is 8.14. The molecule has 26 heavy (non-hydrogen) atoms. The average Bonchev–Trinajstić information content (AvgIpc) is 2.99. The van der Waals surface area contributed by atoms with E-state index in [2.05, 4.69) is 36.2 Å². The monoisotopic (exact) mass is 374 g/mol. The molecule has 2 aliphatic rings. The number of urea groups is 1. The number of likely N-dealkylation sites (N-methyl/N-ethyl adjacent to an activating group) is 1. The Morgan fingerprint density at radius 2 is 2.00 bits per heavy atom. The SMILES string of the molecule is CCC(C)SC1=NC2C(C(=O)NC(=O)N2C)N1CCCc1ccccc1. The predicted octanol–water partition coefficient (Wildman–Crippen LogP) is 2.70. The molecule has 7 heteroatoms. The van der Waals surface area contributed by atoms with E-state index in [1.54, 1.807) is 18.8 Å². The number of hydrogen-bond acceptors (Lipinski definition) is 5. The van der Waals surface area contributed by atoms with Gasteiger partial charge in [-0.05, 0) is 24.8 Å². The van der Waals surface area contributed by atoms with Gasteiger partial charge in [0.05, 0.1) is 0 Å². The number of carbonyl (C=O) groups excluding carboxylic acids is 2. The molecule has 2 aliphatic heterocycles. The van der Waals surface area contributed by atoms with Gasteiger partial charge < -0.3 is 9.80 Å². The van der Waals surface area contributed by atoms with Crippen LogP contribution in [0.25, 0.3) is 0 Å². The molecule has 1 saturated heterocycles. The van der Waals surface area contributed by atoms with Crippen molar-refractivity contribution in [2.75, 3.05) is 13.6 Å². The summed E-state index contributed by atoms with van der Waals surface area (Å²) in [6.07, 6.45) is 2.47. The fraction of sp³-hybridized carbons (Fsp3) is 0.526. The Balaban J connectivity index is 1.74. The van der Waals surface area contributed by atoms with E-state index in [9.17, 15) is 9.59 Å². The molecule has 0 aromatic heterocycles. The zero-order chi connectivity index (χ0) is 18.7. The van der Waals surface area contributed by atoms with Crippen molar-refractivity contribution in [1.29, 1.82) is 0 Å². The second-order valence-corrected chi connectivity index (χ2v) is 8.20. The minimum atomic E-state index is -0.431. The van der Waals surface area contributed by atoms with E-state index in [-0.39, 0.29) is 11.9 Å². The molecule has 3 atom stereocenters. The molecule has 0 aliphatic carbocycles. The highest BCUT2D eigenvalue weighted by atomic mass is 32.2. The first-order valence-electron chi connectivity index (χ1n) is 9.14. The van der Waals surface area contributed by atoms with E-state index in [0.29, 0.717) is 5.25 Å². The lowest BCUT2D eigenvalue weighted by Crippen LogP contribution is -2.63. The largest absolute Gasteiger partial charge is 0.336 e. The Morgan fingerprint density at radius 3 is 2.69 bits per heavy atom. The van der Waals surface area contributed by atoms with Gasteiger partial charge in [0.15, 0.2) is 17.4 Å². The Kier molecular flexibility index (Phi) is 5.86. The van der Waals surface area contributed by atoms with Gasteiger partial charge in [0, 0.05) is 18.8 Å². The topological polar surface area (TPSA) is 65.0 Å². The van der Waals surface area contributed by atoms with E-state index in [0.717, 1.165) is 31.0 Å². The standard InChI is InChI=1S/C19H26N4O2S/c1-4-13(2)26-19-20-16-15(17(24)21-18(25)22(16)3)23(19)12-8-11-14-9-6-5-7-10-14/h5-7,9-10,13,15-16H,4,8,11-12H2,1-3H3,(H,21,24,25). The summed E-state index contributed by atoms with van der Waals surface area (Å²) in [6, 6.07) is 9.54. The van der Waals surface area contributed by atoms with Crippen molar-refractivity contribution in [2.24, 2.45) is 4.99 Å². The molecule has 6 nitrogen and oxygen atoms in total. The van der Waals surface area contributed by atoms with E-state index in [1.807, 2.05) is 18.2 Å². The van der Waals surface area contributed by atoms with Crippen LogP contribution >= 0.6 is 11.8 Å². The van der Waals surface area contributed by atoms with Crippen molar-refractivity contribution in [3.63, 3.8) is 0 Å². The molecule has 3 unspecified atom stereocenters. The molecule has 1 aromatic rings. The van der Waals surface area contributed by atoms with Gasteiger partial charge in [0.1, 0.15) is 0 Å².